The van der Waals surface area contributed by atoms with Crippen molar-refractivity contribution in [3.63, 3.8) is 0 Å². The fourth-order valence-corrected chi connectivity index (χ4v) is 2.60. The van der Waals surface area contributed by atoms with E-state index in [2.05, 4.69) is 31.6 Å². The molecule has 0 radical (unpaired) electrons. The van der Waals surface area contributed by atoms with Crippen molar-refractivity contribution in [2.75, 3.05) is 12.8 Å². The van der Waals surface area contributed by atoms with Crippen molar-refractivity contribution in [1.82, 2.24) is 20.3 Å². The Labute approximate surface area is 152 Å². The molecular weight excluding hydrogens is 386 g/mol. The van der Waals surface area contributed by atoms with Gasteiger partial charge in [0.25, 0.3) is 5.91 Å². The Bertz CT molecular complexity index is 892. The van der Waals surface area contributed by atoms with Crippen LogP contribution in [0.2, 0.25) is 0 Å². The van der Waals surface area contributed by atoms with E-state index in [1.807, 2.05) is 48.5 Å². The van der Waals surface area contributed by atoms with Gasteiger partial charge in [-0.15, -0.1) is 5.10 Å². The number of ether oxygens (including phenoxy) is 1. The molecule has 1 amide bonds. The summed E-state index contributed by atoms with van der Waals surface area (Å²) in [4.78, 5) is 12.4. The summed E-state index contributed by atoms with van der Waals surface area (Å²) in [7, 11) is 1.59. The molecule has 0 unspecified atom stereocenters. The molecule has 8 heteroatoms. The minimum Gasteiger partial charge on any atom is -0.496 e. The predicted molar refractivity (Wildman–Crippen MR) is 97.6 cm³/mol. The first kappa shape index (κ1) is 17.0. The number of para-hydroxylation sites is 1. The highest BCUT2D eigenvalue weighted by Crippen LogP contribution is 2.19. The van der Waals surface area contributed by atoms with Crippen molar-refractivity contribution in [3.8, 4) is 11.4 Å². The summed E-state index contributed by atoms with van der Waals surface area (Å²) in [6.45, 7) is 0.299. The highest BCUT2D eigenvalue weighted by atomic mass is 79.9. The van der Waals surface area contributed by atoms with Gasteiger partial charge in [0.1, 0.15) is 5.75 Å². The third-order valence-corrected chi connectivity index (χ3v) is 4.15. The lowest BCUT2D eigenvalue weighted by Crippen LogP contribution is -2.24. The zero-order chi connectivity index (χ0) is 17.8. The molecule has 3 rings (SSSR count). The van der Waals surface area contributed by atoms with Gasteiger partial charge in [0.05, 0.1) is 12.8 Å². The molecule has 0 atom stereocenters. The number of benzene rings is 2. The normalized spacial score (nSPS) is 10.5. The molecule has 0 aliphatic carbocycles. The standard InChI is InChI=1S/C17H16BrN5O2/c1-25-14-5-3-2-4-11(14)10-20-17(24)15-16(19)23(22-21-15)13-8-6-12(18)7-9-13/h2-9H,10,19H2,1H3,(H,20,24). The quantitative estimate of drug-likeness (QED) is 0.684. The molecule has 0 bridgehead atoms. The third kappa shape index (κ3) is 3.63. The number of hydrogen-bond donors (Lipinski definition) is 2. The number of nitrogens with one attached hydrogen (secondary N) is 1. The van der Waals surface area contributed by atoms with Crippen molar-refractivity contribution < 1.29 is 9.53 Å². The summed E-state index contributed by atoms with van der Waals surface area (Å²) >= 11 is 3.37. The van der Waals surface area contributed by atoms with Crippen LogP contribution < -0.4 is 15.8 Å². The van der Waals surface area contributed by atoms with Gasteiger partial charge in [0.15, 0.2) is 11.5 Å². The Morgan fingerprint density at radius 2 is 1.96 bits per heavy atom. The maximum Gasteiger partial charge on any atom is 0.275 e. The van der Waals surface area contributed by atoms with Crippen LogP contribution in [0.5, 0.6) is 5.75 Å². The van der Waals surface area contributed by atoms with E-state index in [9.17, 15) is 4.79 Å². The largest absolute Gasteiger partial charge is 0.496 e. The summed E-state index contributed by atoms with van der Waals surface area (Å²) in [5.41, 5.74) is 7.70. The molecule has 0 aliphatic rings. The van der Waals surface area contributed by atoms with Crippen LogP contribution in [0.3, 0.4) is 0 Å². The van der Waals surface area contributed by atoms with Crippen molar-refractivity contribution in [1.29, 1.82) is 0 Å². The molecule has 25 heavy (non-hydrogen) atoms. The van der Waals surface area contributed by atoms with E-state index >= 15 is 0 Å². The van der Waals surface area contributed by atoms with E-state index < -0.39 is 5.91 Å². The van der Waals surface area contributed by atoms with Gasteiger partial charge in [-0.1, -0.05) is 39.3 Å². The Hall–Kier alpha value is -2.87. The van der Waals surface area contributed by atoms with Gasteiger partial charge < -0.3 is 15.8 Å². The molecule has 1 aromatic heterocycles. The van der Waals surface area contributed by atoms with E-state index in [1.165, 1.54) is 4.68 Å². The van der Waals surface area contributed by atoms with Crippen molar-refractivity contribution >= 4 is 27.7 Å². The molecule has 0 aliphatic heterocycles. The van der Waals surface area contributed by atoms with E-state index in [4.69, 9.17) is 10.5 Å². The number of nitrogens with zero attached hydrogens (tertiary/aromatic N) is 3. The van der Waals surface area contributed by atoms with Crippen LogP contribution in [0.25, 0.3) is 5.69 Å². The highest BCUT2D eigenvalue weighted by Gasteiger charge is 2.18. The van der Waals surface area contributed by atoms with Crippen LogP contribution in [-0.4, -0.2) is 28.0 Å². The average molecular weight is 402 g/mol. The number of aromatic nitrogens is 3. The number of amides is 1. The molecule has 0 saturated carbocycles. The lowest BCUT2D eigenvalue weighted by molar-refractivity contribution is 0.0946. The van der Waals surface area contributed by atoms with E-state index in [-0.39, 0.29) is 11.5 Å². The van der Waals surface area contributed by atoms with Crippen LogP contribution >= 0.6 is 15.9 Å². The summed E-state index contributed by atoms with van der Waals surface area (Å²) in [6, 6.07) is 14.8. The van der Waals surface area contributed by atoms with Crippen LogP contribution in [-0.2, 0) is 6.54 Å². The minimum atomic E-state index is -0.397. The SMILES string of the molecule is COc1ccccc1CNC(=O)c1nnn(-c2ccc(Br)cc2)c1N. The molecule has 128 valence electrons. The molecule has 2 aromatic carbocycles. The highest BCUT2D eigenvalue weighted by molar-refractivity contribution is 9.10. The number of nitrogen functional groups attached to an aromatic ring is 1. The lowest BCUT2D eigenvalue weighted by atomic mass is 10.2. The Kier molecular flexibility index (Phi) is 4.99. The summed E-state index contributed by atoms with van der Waals surface area (Å²) < 4.78 is 7.62. The first-order valence-corrected chi connectivity index (χ1v) is 8.26. The Balaban J connectivity index is 1.76. The smallest absolute Gasteiger partial charge is 0.275 e. The zero-order valence-electron chi connectivity index (χ0n) is 13.4. The lowest BCUT2D eigenvalue weighted by Gasteiger charge is -2.09. The third-order valence-electron chi connectivity index (χ3n) is 3.62. The first-order valence-electron chi connectivity index (χ1n) is 7.47. The minimum absolute atomic E-state index is 0.0813. The molecular formula is C17H16BrN5O2. The maximum atomic E-state index is 12.4. The van der Waals surface area contributed by atoms with Crippen molar-refractivity contribution in [2.24, 2.45) is 0 Å². The van der Waals surface area contributed by atoms with Crippen LogP contribution in [0.15, 0.2) is 53.0 Å². The van der Waals surface area contributed by atoms with Crippen LogP contribution in [0, 0.1) is 0 Å². The van der Waals surface area contributed by atoms with Gasteiger partial charge in [-0.05, 0) is 30.3 Å². The topological polar surface area (TPSA) is 95.1 Å². The van der Waals surface area contributed by atoms with Gasteiger partial charge >= 0.3 is 0 Å². The molecule has 1 heterocycles. The number of carbonyl (C=O) groups excluding carboxylic acids is 1. The maximum absolute atomic E-state index is 12.4. The van der Waals surface area contributed by atoms with Crippen molar-refractivity contribution in [3.05, 3.63) is 64.3 Å². The molecule has 0 fully saturated rings. The molecule has 7 nitrogen and oxygen atoms in total. The molecule has 0 spiro atoms. The number of rotatable bonds is 5. The summed E-state index contributed by atoms with van der Waals surface area (Å²) in [6.07, 6.45) is 0. The number of hydrogen-bond acceptors (Lipinski definition) is 5. The number of anilines is 1. The van der Waals surface area contributed by atoms with Gasteiger partial charge in [-0.25, -0.2) is 0 Å². The van der Waals surface area contributed by atoms with Crippen LogP contribution in [0.1, 0.15) is 16.1 Å². The monoisotopic (exact) mass is 401 g/mol. The van der Waals surface area contributed by atoms with Gasteiger partial charge in [-0.2, -0.15) is 4.68 Å². The van der Waals surface area contributed by atoms with Crippen molar-refractivity contribution in [2.45, 2.75) is 6.54 Å². The second kappa shape index (κ2) is 7.35. The Morgan fingerprint density at radius 3 is 2.68 bits per heavy atom. The first-order chi connectivity index (χ1) is 12.1. The second-order valence-corrected chi connectivity index (χ2v) is 6.12. The fraction of sp³-hybridized carbons (Fsp3) is 0.118. The summed E-state index contributed by atoms with van der Waals surface area (Å²) in [5, 5.41) is 10.7. The van der Waals surface area contributed by atoms with Crippen LogP contribution in [0.4, 0.5) is 5.82 Å². The van der Waals surface area contributed by atoms with Gasteiger partial charge in [0, 0.05) is 16.6 Å². The molecule has 0 saturated heterocycles. The molecule has 3 N–H and O–H groups in total. The summed E-state index contributed by atoms with van der Waals surface area (Å²) in [5.74, 6) is 0.487. The average Bonchev–Trinajstić information content (AvgIpc) is 3.02. The second-order valence-electron chi connectivity index (χ2n) is 5.21. The predicted octanol–water partition coefficient (Wildman–Crippen LogP) is 2.55. The number of nitrogens with two attached hydrogens (primary N) is 1. The van der Waals surface area contributed by atoms with Gasteiger partial charge in [-0.3, -0.25) is 4.79 Å². The number of methoxy groups -OCH3 is 1. The Morgan fingerprint density at radius 1 is 1.24 bits per heavy atom. The number of halogens is 1. The number of carbonyl (C=O) groups is 1. The van der Waals surface area contributed by atoms with E-state index in [1.54, 1.807) is 7.11 Å². The molecule has 3 aromatic rings. The zero-order valence-corrected chi connectivity index (χ0v) is 15.0. The fourth-order valence-electron chi connectivity index (χ4n) is 2.33. The van der Waals surface area contributed by atoms with Gasteiger partial charge in [0.2, 0.25) is 0 Å². The van der Waals surface area contributed by atoms with E-state index in [0.29, 0.717) is 12.3 Å². The van der Waals surface area contributed by atoms with E-state index in [0.717, 1.165) is 15.7 Å².